The molecule has 236 valence electrons. The van der Waals surface area contributed by atoms with Crippen molar-refractivity contribution in [3.05, 3.63) is 128 Å². The van der Waals surface area contributed by atoms with Gasteiger partial charge in [0.2, 0.25) is 0 Å². The Hall–Kier alpha value is -3.47. The molecule has 1 fully saturated rings. The van der Waals surface area contributed by atoms with Crippen LogP contribution in [0.1, 0.15) is 22.3 Å². The number of hydrogen-bond acceptors (Lipinski definition) is 2. The van der Waals surface area contributed by atoms with E-state index in [-0.39, 0.29) is 30.2 Å². The molecule has 6 nitrogen and oxygen atoms in total. The average molecular weight is 763 g/mol. The fourth-order valence-electron chi connectivity index (χ4n) is 4.77. The van der Waals surface area contributed by atoms with Crippen molar-refractivity contribution in [1.82, 2.24) is 10.2 Å². The van der Waals surface area contributed by atoms with Gasteiger partial charge in [0.05, 0.1) is 0 Å². The molecule has 0 atom stereocenters. The number of anilines is 2. The number of hydrogen-bond donors (Lipinski definition) is 1. The second-order valence-electron chi connectivity index (χ2n) is 10.5. The maximum Gasteiger partial charge on any atom is 0.324 e. The van der Waals surface area contributed by atoms with Gasteiger partial charge >= 0.3 is 12.1 Å². The Labute approximate surface area is 284 Å². The fourth-order valence-corrected chi connectivity index (χ4v) is 5.43. The van der Waals surface area contributed by atoms with E-state index < -0.39 is 0 Å². The van der Waals surface area contributed by atoms with Crippen molar-refractivity contribution in [2.75, 3.05) is 35.3 Å². The first-order valence-electron chi connectivity index (χ1n) is 14.2. The van der Waals surface area contributed by atoms with E-state index in [2.05, 4.69) is 37.2 Å². The zero-order valence-electron chi connectivity index (χ0n) is 24.9. The van der Waals surface area contributed by atoms with Crippen molar-refractivity contribution < 1.29 is 18.4 Å². The zero-order valence-corrected chi connectivity index (χ0v) is 28.8. The molecule has 1 N–H and O–H groups in total. The molecule has 1 saturated heterocycles. The van der Waals surface area contributed by atoms with E-state index in [1.54, 1.807) is 32.9 Å². The molecule has 1 aliphatic heterocycles. The summed E-state index contributed by atoms with van der Waals surface area (Å²) in [6, 6.07) is 23.8. The number of benzene rings is 4. The third-order valence-corrected chi connectivity index (χ3v) is 9.10. The van der Waals surface area contributed by atoms with Crippen LogP contribution in [0.2, 0.25) is 0 Å². The minimum atomic E-state index is -0.321. The van der Waals surface area contributed by atoms with Crippen LogP contribution in [-0.4, -0.2) is 42.5 Å². The number of aryl methyl sites for hydroxylation is 2. The molecule has 1 heterocycles. The molecule has 4 aromatic carbocycles. The van der Waals surface area contributed by atoms with Gasteiger partial charge in [0.25, 0.3) is 0 Å². The lowest BCUT2D eigenvalue weighted by Crippen LogP contribution is -2.41. The highest BCUT2D eigenvalue weighted by molar-refractivity contribution is 9.10. The van der Waals surface area contributed by atoms with E-state index in [1.807, 2.05) is 56.3 Å². The van der Waals surface area contributed by atoms with Gasteiger partial charge < -0.3 is 10.2 Å². The standard InChI is InChI=1S/C17H17BrClFN2O.C17H16BrFN2O/c1-12-9-15(5-6-16(12)18)22(8-7-19)17(23)21-11-13-3-2-4-14(20)10-13;1-12-9-15(5-6-16(12)18)21-8-7-20(17(21)22)11-13-3-2-4-14(19)10-13/h2-6,9-10H,7-8,11H2,1H3,(H,21,23);2-6,9-10H,7-8,11H2,1H3. The number of halogens is 5. The molecular weight excluding hydrogens is 730 g/mol. The van der Waals surface area contributed by atoms with Crippen molar-refractivity contribution >= 4 is 66.9 Å². The maximum absolute atomic E-state index is 13.2. The van der Waals surface area contributed by atoms with Gasteiger partial charge in [0, 0.05) is 58.9 Å². The molecule has 0 aliphatic carbocycles. The molecule has 0 saturated carbocycles. The van der Waals surface area contributed by atoms with E-state index >= 15 is 0 Å². The van der Waals surface area contributed by atoms with Crippen LogP contribution in [0.4, 0.5) is 29.7 Å². The molecule has 4 aromatic rings. The van der Waals surface area contributed by atoms with E-state index in [1.165, 1.54) is 24.3 Å². The van der Waals surface area contributed by atoms with E-state index in [9.17, 15) is 18.4 Å². The van der Waals surface area contributed by atoms with Crippen LogP contribution in [0.5, 0.6) is 0 Å². The summed E-state index contributed by atoms with van der Waals surface area (Å²) >= 11 is 12.7. The van der Waals surface area contributed by atoms with Gasteiger partial charge in [-0.15, -0.1) is 11.6 Å². The van der Waals surface area contributed by atoms with Crippen molar-refractivity contribution in [1.29, 1.82) is 0 Å². The van der Waals surface area contributed by atoms with Gasteiger partial charge in [0.15, 0.2) is 0 Å². The summed E-state index contributed by atoms with van der Waals surface area (Å²) in [5, 5.41) is 2.79. The molecular formula is C34H33Br2ClF2N4O2. The number of alkyl halides is 1. The summed E-state index contributed by atoms with van der Waals surface area (Å²) in [6.45, 7) is 6.32. The summed E-state index contributed by atoms with van der Waals surface area (Å²) < 4.78 is 28.4. The molecule has 0 aromatic heterocycles. The summed E-state index contributed by atoms with van der Waals surface area (Å²) in [6.07, 6.45) is 0. The first-order chi connectivity index (χ1) is 21.5. The summed E-state index contributed by atoms with van der Waals surface area (Å²) in [5.74, 6) is -0.273. The summed E-state index contributed by atoms with van der Waals surface area (Å²) in [7, 11) is 0. The Kier molecular flexibility index (Phi) is 12.4. The molecule has 0 unspecified atom stereocenters. The van der Waals surface area contributed by atoms with Gasteiger partial charge in [0.1, 0.15) is 11.6 Å². The predicted octanol–water partition coefficient (Wildman–Crippen LogP) is 9.19. The predicted molar refractivity (Wildman–Crippen MR) is 184 cm³/mol. The maximum atomic E-state index is 13.2. The van der Waals surface area contributed by atoms with Gasteiger partial charge in [-0.2, -0.15) is 0 Å². The number of amides is 4. The van der Waals surface area contributed by atoms with Crippen molar-refractivity contribution in [3.8, 4) is 0 Å². The smallest absolute Gasteiger partial charge is 0.324 e. The Balaban J connectivity index is 0.000000205. The lowest BCUT2D eigenvalue weighted by atomic mass is 10.2. The van der Waals surface area contributed by atoms with Crippen molar-refractivity contribution in [3.63, 3.8) is 0 Å². The van der Waals surface area contributed by atoms with Crippen LogP contribution in [0.3, 0.4) is 0 Å². The SMILES string of the molecule is Cc1cc(N(CCCl)C(=O)NCc2cccc(F)c2)ccc1Br.Cc1cc(N2CCN(Cc3cccc(F)c3)C2=O)ccc1Br. The van der Waals surface area contributed by atoms with Crippen LogP contribution in [0.25, 0.3) is 0 Å². The van der Waals surface area contributed by atoms with Crippen LogP contribution >= 0.6 is 43.5 Å². The minimum Gasteiger partial charge on any atom is -0.334 e. The molecule has 0 radical (unpaired) electrons. The second kappa shape index (κ2) is 16.2. The lowest BCUT2D eigenvalue weighted by molar-refractivity contribution is 0.218. The fraction of sp³-hybridized carbons (Fsp3) is 0.235. The molecule has 0 bridgehead atoms. The van der Waals surface area contributed by atoms with Gasteiger partial charge in [-0.3, -0.25) is 9.80 Å². The zero-order chi connectivity index (χ0) is 32.5. The van der Waals surface area contributed by atoms with Gasteiger partial charge in [-0.1, -0.05) is 56.1 Å². The van der Waals surface area contributed by atoms with Crippen LogP contribution in [0, 0.1) is 25.5 Å². The summed E-state index contributed by atoms with van der Waals surface area (Å²) in [4.78, 5) is 30.1. The quantitative estimate of drug-likeness (QED) is 0.182. The summed E-state index contributed by atoms with van der Waals surface area (Å²) in [5.41, 5.74) is 5.29. The molecule has 45 heavy (non-hydrogen) atoms. The first-order valence-corrected chi connectivity index (χ1v) is 16.4. The monoisotopic (exact) mass is 760 g/mol. The van der Waals surface area contributed by atoms with Crippen molar-refractivity contribution in [2.45, 2.75) is 26.9 Å². The Morgan fingerprint density at radius 2 is 1.49 bits per heavy atom. The number of nitrogens with one attached hydrogen (secondary N) is 1. The topological polar surface area (TPSA) is 55.9 Å². The van der Waals surface area contributed by atoms with Gasteiger partial charge in [-0.05, 0) is 96.8 Å². The minimum absolute atomic E-state index is 0.0361. The Morgan fingerprint density at radius 1 is 0.867 bits per heavy atom. The van der Waals surface area contributed by atoms with E-state index in [0.717, 1.165) is 37.0 Å². The average Bonchev–Trinajstić information content (AvgIpc) is 3.37. The van der Waals surface area contributed by atoms with Gasteiger partial charge in [-0.25, -0.2) is 18.4 Å². The molecule has 0 spiro atoms. The number of rotatable bonds is 8. The highest BCUT2D eigenvalue weighted by Gasteiger charge is 2.29. The van der Waals surface area contributed by atoms with E-state index in [4.69, 9.17) is 11.6 Å². The molecule has 11 heteroatoms. The number of urea groups is 2. The normalized spacial score (nSPS) is 12.6. The van der Waals surface area contributed by atoms with Crippen LogP contribution in [0.15, 0.2) is 93.9 Å². The Morgan fingerprint density at radius 3 is 2.11 bits per heavy atom. The van der Waals surface area contributed by atoms with Crippen molar-refractivity contribution in [2.24, 2.45) is 0 Å². The largest absolute Gasteiger partial charge is 0.334 e. The lowest BCUT2D eigenvalue weighted by Gasteiger charge is -2.23. The highest BCUT2D eigenvalue weighted by Crippen LogP contribution is 2.27. The first kappa shape index (κ1) is 34.4. The molecule has 4 amide bonds. The molecule has 5 rings (SSSR count). The number of carbonyl (C=O) groups excluding carboxylic acids is 2. The third kappa shape index (κ3) is 9.51. The number of nitrogens with zero attached hydrogens (tertiary/aromatic N) is 3. The second-order valence-corrected chi connectivity index (χ2v) is 12.6. The Bertz CT molecular complexity index is 1660. The highest BCUT2D eigenvalue weighted by atomic mass is 79.9. The third-order valence-electron chi connectivity index (χ3n) is 7.15. The van der Waals surface area contributed by atoms with Crippen LogP contribution in [-0.2, 0) is 13.1 Å². The van der Waals surface area contributed by atoms with E-state index in [0.29, 0.717) is 37.6 Å². The van der Waals surface area contributed by atoms with Crippen LogP contribution < -0.4 is 15.1 Å². The number of carbonyl (C=O) groups is 2. The molecule has 1 aliphatic rings.